The number of methoxy groups -OCH3 is 2. The molecule has 1 heterocycles. The summed E-state index contributed by atoms with van der Waals surface area (Å²) in [4.78, 5) is 29.6. The predicted octanol–water partition coefficient (Wildman–Crippen LogP) is 1.83. The normalized spacial score (nSPS) is 10.2. The first-order chi connectivity index (χ1) is 11.0. The maximum Gasteiger partial charge on any atom is 0.345 e. The minimum absolute atomic E-state index is 0.140. The number of nitrogens with zero attached hydrogens (tertiary/aromatic N) is 1. The fourth-order valence-electron chi connectivity index (χ4n) is 1.83. The first kappa shape index (κ1) is 16.9. The highest BCUT2D eigenvalue weighted by Crippen LogP contribution is 2.29. The van der Waals surface area contributed by atoms with Crippen molar-refractivity contribution in [3.63, 3.8) is 0 Å². The molecular weight excluding hydrogens is 318 g/mol. The van der Waals surface area contributed by atoms with E-state index in [-0.39, 0.29) is 11.7 Å². The van der Waals surface area contributed by atoms with Crippen LogP contribution in [0.25, 0.3) is 0 Å². The van der Waals surface area contributed by atoms with E-state index < -0.39 is 5.69 Å². The number of benzene rings is 1. The summed E-state index contributed by atoms with van der Waals surface area (Å²) in [6.45, 7) is 1.81. The van der Waals surface area contributed by atoms with Crippen molar-refractivity contribution >= 4 is 23.4 Å². The number of aromatic nitrogens is 2. The molecule has 122 valence electrons. The van der Waals surface area contributed by atoms with E-state index in [2.05, 4.69) is 15.3 Å². The molecule has 23 heavy (non-hydrogen) atoms. The van der Waals surface area contributed by atoms with Crippen LogP contribution in [-0.2, 0) is 4.79 Å². The van der Waals surface area contributed by atoms with Crippen molar-refractivity contribution < 1.29 is 14.3 Å². The van der Waals surface area contributed by atoms with Crippen LogP contribution < -0.4 is 20.5 Å². The van der Waals surface area contributed by atoms with Gasteiger partial charge >= 0.3 is 5.69 Å². The number of H-pyrrole nitrogens is 1. The summed E-state index contributed by atoms with van der Waals surface area (Å²) < 4.78 is 10.3. The molecule has 2 rings (SSSR count). The number of carbonyl (C=O) groups is 1. The molecule has 1 aromatic carbocycles. The monoisotopic (exact) mass is 335 g/mol. The lowest BCUT2D eigenvalue weighted by atomic mass is 10.2. The van der Waals surface area contributed by atoms with Gasteiger partial charge in [-0.2, -0.15) is 0 Å². The minimum atomic E-state index is -0.437. The molecule has 0 spiro atoms. The molecule has 1 aromatic heterocycles. The SMILES string of the molecule is COc1ccc(OC)c(NC(=O)CSc2[nH]c(=O)ncc2C)c1. The van der Waals surface area contributed by atoms with Gasteiger partial charge in [0.15, 0.2) is 0 Å². The third-order valence-corrected chi connectivity index (χ3v) is 4.10. The summed E-state index contributed by atoms with van der Waals surface area (Å²) in [5.41, 5.74) is 0.895. The van der Waals surface area contributed by atoms with Crippen LogP contribution in [0.15, 0.2) is 34.2 Å². The Balaban J connectivity index is 2.05. The van der Waals surface area contributed by atoms with Crippen LogP contribution in [-0.4, -0.2) is 35.8 Å². The van der Waals surface area contributed by atoms with Crippen molar-refractivity contribution in [1.82, 2.24) is 9.97 Å². The van der Waals surface area contributed by atoms with E-state index in [1.54, 1.807) is 25.3 Å². The maximum absolute atomic E-state index is 12.1. The number of rotatable bonds is 6. The van der Waals surface area contributed by atoms with E-state index in [9.17, 15) is 9.59 Å². The van der Waals surface area contributed by atoms with Crippen LogP contribution in [0.1, 0.15) is 5.56 Å². The van der Waals surface area contributed by atoms with Crippen molar-refractivity contribution in [1.29, 1.82) is 0 Å². The number of hydrogen-bond acceptors (Lipinski definition) is 6. The lowest BCUT2D eigenvalue weighted by molar-refractivity contribution is -0.113. The topological polar surface area (TPSA) is 93.3 Å². The van der Waals surface area contributed by atoms with Gasteiger partial charge in [-0.1, -0.05) is 11.8 Å². The molecule has 7 nitrogen and oxygen atoms in total. The Morgan fingerprint density at radius 1 is 1.35 bits per heavy atom. The molecule has 2 N–H and O–H groups in total. The van der Waals surface area contributed by atoms with Crippen LogP contribution in [0.3, 0.4) is 0 Å². The van der Waals surface area contributed by atoms with Crippen LogP contribution in [0.2, 0.25) is 0 Å². The zero-order chi connectivity index (χ0) is 16.8. The standard InChI is InChI=1S/C15H17N3O4S/c1-9-7-16-15(20)18-14(9)23-8-13(19)17-11-6-10(21-2)4-5-12(11)22-3/h4-7H,8H2,1-3H3,(H,17,19)(H,16,18,20). The Labute approximate surface area is 137 Å². The predicted molar refractivity (Wildman–Crippen MR) is 88.5 cm³/mol. The van der Waals surface area contributed by atoms with Gasteiger partial charge in [0.1, 0.15) is 11.5 Å². The second-order valence-corrected chi connectivity index (χ2v) is 5.59. The van der Waals surface area contributed by atoms with Crippen molar-refractivity contribution in [2.24, 2.45) is 0 Å². The molecule has 0 atom stereocenters. The lowest BCUT2D eigenvalue weighted by Crippen LogP contribution is -2.16. The summed E-state index contributed by atoms with van der Waals surface area (Å²) in [5, 5.41) is 3.39. The van der Waals surface area contributed by atoms with Crippen molar-refractivity contribution in [3.05, 3.63) is 40.4 Å². The molecule has 0 aliphatic heterocycles. The van der Waals surface area contributed by atoms with Gasteiger partial charge in [0.2, 0.25) is 5.91 Å². The molecular formula is C15H17N3O4S. The average Bonchev–Trinajstić information content (AvgIpc) is 2.55. The molecule has 0 aliphatic rings. The molecule has 0 fully saturated rings. The number of aromatic amines is 1. The summed E-state index contributed by atoms with van der Waals surface area (Å²) in [6, 6.07) is 5.14. The maximum atomic E-state index is 12.1. The number of ether oxygens (including phenoxy) is 2. The smallest absolute Gasteiger partial charge is 0.345 e. The van der Waals surface area contributed by atoms with Gasteiger partial charge in [-0.3, -0.25) is 4.79 Å². The zero-order valence-corrected chi connectivity index (χ0v) is 13.8. The van der Waals surface area contributed by atoms with Gasteiger partial charge in [-0.15, -0.1) is 0 Å². The molecule has 0 radical (unpaired) electrons. The number of hydrogen-bond donors (Lipinski definition) is 2. The highest BCUT2D eigenvalue weighted by Gasteiger charge is 2.11. The first-order valence-corrected chi connectivity index (χ1v) is 7.72. The summed E-state index contributed by atoms with van der Waals surface area (Å²) in [7, 11) is 3.07. The van der Waals surface area contributed by atoms with E-state index in [1.807, 2.05) is 6.92 Å². The van der Waals surface area contributed by atoms with Gasteiger partial charge < -0.3 is 19.8 Å². The Morgan fingerprint density at radius 2 is 2.13 bits per heavy atom. The lowest BCUT2D eigenvalue weighted by Gasteiger charge is -2.11. The third kappa shape index (κ3) is 4.49. The summed E-state index contributed by atoms with van der Waals surface area (Å²) in [6.07, 6.45) is 1.48. The molecule has 0 unspecified atom stereocenters. The highest BCUT2D eigenvalue weighted by atomic mass is 32.2. The number of thioether (sulfide) groups is 1. The minimum Gasteiger partial charge on any atom is -0.497 e. The van der Waals surface area contributed by atoms with Crippen LogP contribution in [0, 0.1) is 6.92 Å². The van der Waals surface area contributed by atoms with Crippen molar-refractivity contribution in [2.45, 2.75) is 11.9 Å². The quantitative estimate of drug-likeness (QED) is 0.618. The number of carbonyl (C=O) groups excluding carboxylic acids is 1. The van der Waals surface area contributed by atoms with E-state index in [0.717, 1.165) is 5.56 Å². The van der Waals surface area contributed by atoms with Crippen LogP contribution in [0.4, 0.5) is 5.69 Å². The average molecular weight is 335 g/mol. The van der Waals surface area contributed by atoms with Gasteiger partial charge in [0.25, 0.3) is 0 Å². The Bertz CT molecular complexity index is 761. The number of nitrogens with one attached hydrogen (secondary N) is 2. The van der Waals surface area contributed by atoms with Gasteiger partial charge in [-0.05, 0) is 24.6 Å². The van der Waals surface area contributed by atoms with E-state index >= 15 is 0 Å². The van der Waals surface area contributed by atoms with E-state index in [1.165, 1.54) is 25.1 Å². The molecule has 0 saturated heterocycles. The summed E-state index contributed by atoms with van der Waals surface area (Å²) >= 11 is 1.23. The Morgan fingerprint density at radius 3 is 2.83 bits per heavy atom. The Kier molecular flexibility index (Phi) is 5.64. The second kappa shape index (κ2) is 7.68. The molecule has 1 amide bonds. The molecule has 0 saturated carbocycles. The number of aryl methyl sites for hydroxylation is 1. The number of anilines is 1. The van der Waals surface area contributed by atoms with Gasteiger partial charge in [0, 0.05) is 12.3 Å². The zero-order valence-electron chi connectivity index (χ0n) is 13.0. The van der Waals surface area contributed by atoms with E-state index in [0.29, 0.717) is 22.2 Å². The second-order valence-electron chi connectivity index (χ2n) is 4.60. The van der Waals surface area contributed by atoms with E-state index in [4.69, 9.17) is 9.47 Å². The molecule has 8 heteroatoms. The fraction of sp³-hybridized carbons (Fsp3) is 0.267. The van der Waals surface area contributed by atoms with Gasteiger partial charge in [-0.25, -0.2) is 9.78 Å². The van der Waals surface area contributed by atoms with Crippen LogP contribution in [0.5, 0.6) is 11.5 Å². The van der Waals surface area contributed by atoms with Crippen molar-refractivity contribution in [3.8, 4) is 11.5 Å². The number of amides is 1. The molecule has 2 aromatic rings. The fourth-order valence-corrected chi connectivity index (χ4v) is 2.62. The first-order valence-electron chi connectivity index (χ1n) is 6.74. The highest BCUT2D eigenvalue weighted by molar-refractivity contribution is 8.00. The largest absolute Gasteiger partial charge is 0.497 e. The van der Waals surface area contributed by atoms with Gasteiger partial charge in [0.05, 0.1) is 30.7 Å². The molecule has 0 aliphatic carbocycles. The third-order valence-electron chi connectivity index (χ3n) is 2.98. The molecule has 0 bridgehead atoms. The Hall–Kier alpha value is -2.48. The van der Waals surface area contributed by atoms with Crippen molar-refractivity contribution in [2.75, 3.05) is 25.3 Å². The summed E-state index contributed by atoms with van der Waals surface area (Å²) in [5.74, 6) is 1.07. The van der Waals surface area contributed by atoms with Crippen LogP contribution >= 0.6 is 11.8 Å².